The molecule has 0 aromatic heterocycles. The van der Waals surface area contributed by atoms with Crippen molar-refractivity contribution in [2.45, 2.75) is 39.2 Å². The van der Waals surface area contributed by atoms with Gasteiger partial charge in [0.25, 0.3) is 0 Å². The highest BCUT2D eigenvalue weighted by Gasteiger charge is 2.33. The van der Waals surface area contributed by atoms with Gasteiger partial charge in [-0.15, -0.1) is 0 Å². The first-order valence-electron chi connectivity index (χ1n) is 5.58. The van der Waals surface area contributed by atoms with E-state index in [1.165, 1.54) is 6.42 Å². The molecule has 2 aliphatic rings. The number of nitrogens with one attached hydrogen (secondary N) is 2. The molecule has 1 aliphatic heterocycles. The molecule has 1 aliphatic carbocycles. The Labute approximate surface area is 85.6 Å². The Morgan fingerprint density at radius 1 is 1.43 bits per heavy atom. The number of carbonyl (C=O) groups excluding carboxylic acids is 1. The Bertz CT molecular complexity index is 233. The summed E-state index contributed by atoms with van der Waals surface area (Å²) in [6.07, 6.45) is 3.53. The summed E-state index contributed by atoms with van der Waals surface area (Å²) in [5.74, 6) is 0.491. The van der Waals surface area contributed by atoms with E-state index >= 15 is 0 Å². The van der Waals surface area contributed by atoms with Gasteiger partial charge in [0.05, 0.1) is 5.92 Å². The van der Waals surface area contributed by atoms with Gasteiger partial charge in [0, 0.05) is 19.1 Å². The molecule has 1 unspecified atom stereocenters. The summed E-state index contributed by atoms with van der Waals surface area (Å²) < 4.78 is 0. The van der Waals surface area contributed by atoms with Gasteiger partial charge < -0.3 is 10.6 Å². The third kappa shape index (κ3) is 2.08. The van der Waals surface area contributed by atoms with Gasteiger partial charge in [0.2, 0.25) is 5.91 Å². The van der Waals surface area contributed by atoms with Crippen LogP contribution in [0.25, 0.3) is 0 Å². The Morgan fingerprint density at radius 3 is 2.57 bits per heavy atom. The van der Waals surface area contributed by atoms with Crippen LogP contribution in [-0.4, -0.2) is 25.0 Å². The van der Waals surface area contributed by atoms with Crippen molar-refractivity contribution in [2.24, 2.45) is 11.3 Å². The SMILES string of the molecule is CC1(C)CCC(NC(=O)C2CNC2)C1. The Balaban J connectivity index is 1.78. The van der Waals surface area contributed by atoms with Crippen LogP contribution in [0.15, 0.2) is 0 Å². The number of hydrogen-bond acceptors (Lipinski definition) is 2. The van der Waals surface area contributed by atoms with Crippen LogP contribution in [0.3, 0.4) is 0 Å². The number of carbonyl (C=O) groups is 1. The van der Waals surface area contributed by atoms with E-state index in [1.54, 1.807) is 0 Å². The molecule has 1 atom stereocenters. The van der Waals surface area contributed by atoms with Crippen LogP contribution >= 0.6 is 0 Å². The lowest BCUT2D eigenvalue weighted by Gasteiger charge is -2.27. The van der Waals surface area contributed by atoms with Crippen LogP contribution in [0, 0.1) is 11.3 Å². The van der Waals surface area contributed by atoms with Crippen molar-refractivity contribution in [1.82, 2.24) is 10.6 Å². The van der Waals surface area contributed by atoms with E-state index in [0.717, 1.165) is 25.9 Å². The molecule has 1 saturated heterocycles. The summed E-state index contributed by atoms with van der Waals surface area (Å²) in [7, 11) is 0. The monoisotopic (exact) mass is 196 g/mol. The van der Waals surface area contributed by atoms with Gasteiger partial charge in [0.15, 0.2) is 0 Å². The van der Waals surface area contributed by atoms with E-state index in [9.17, 15) is 4.79 Å². The molecule has 0 aromatic rings. The van der Waals surface area contributed by atoms with E-state index in [4.69, 9.17) is 0 Å². The lowest BCUT2D eigenvalue weighted by Crippen LogP contribution is -2.52. The van der Waals surface area contributed by atoms with E-state index in [1.807, 2.05) is 0 Å². The predicted octanol–water partition coefficient (Wildman–Crippen LogP) is 0.901. The molecular formula is C11H20N2O. The Hall–Kier alpha value is -0.570. The quantitative estimate of drug-likeness (QED) is 0.689. The van der Waals surface area contributed by atoms with Crippen molar-refractivity contribution in [2.75, 3.05) is 13.1 Å². The van der Waals surface area contributed by atoms with Crippen LogP contribution in [0.4, 0.5) is 0 Å². The van der Waals surface area contributed by atoms with Gasteiger partial charge in [-0.3, -0.25) is 4.79 Å². The zero-order valence-corrected chi connectivity index (χ0v) is 9.10. The first-order valence-corrected chi connectivity index (χ1v) is 5.58. The molecule has 1 saturated carbocycles. The minimum atomic E-state index is 0.235. The zero-order valence-electron chi connectivity index (χ0n) is 9.10. The first kappa shape index (κ1) is 9.97. The van der Waals surface area contributed by atoms with Crippen molar-refractivity contribution in [1.29, 1.82) is 0 Å². The lowest BCUT2D eigenvalue weighted by atomic mass is 9.91. The smallest absolute Gasteiger partial charge is 0.225 e. The second kappa shape index (κ2) is 3.54. The standard InChI is InChI=1S/C11H20N2O/c1-11(2)4-3-9(5-11)13-10(14)8-6-12-7-8/h8-9,12H,3-7H2,1-2H3,(H,13,14). The minimum Gasteiger partial charge on any atom is -0.353 e. The highest BCUT2D eigenvalue weighted by Crippen LogP contribution is 2.36. The fourth-order valence-electron chi connectivity index (χ4n) is 2.35. The number of amides is 1. The highest BCUT2D eigenvalue weighted by molar-refractivity contribution is 5.80. The summed E-state index contributed by atoms with van der Waals surface area (Å²) in [6.45, 7) is 6.29. The molecule has 80 valence electrons. The summed E-state index contributed by atoms with van der Waals surface area (Å²) in [4.78, 5) is 11.6. The minimum absolute atomic E-state index is 0.235. The number of rotatable bonds is 2. The van der Waals surface area contributed by atoms with Crippen molar-refractivity contribution in [3.63, 3.8) is 0 Å². The van der Waals surface area contributed by atoms with Crippen LogP contribution in [0.5, 0.6) is 0 Å². The summed E-state index contributed by atoms with van der Waals surface area (Å²) in [6, 6.07) is 0.429. The normalized spacial score (nSPS) is 31.1. The zero-order chi connectivity index (χ0) is 10.2. The van der Waals surface area contributed by atoms with Crippen LogP contribution < -0.4 is 10.6 Å². The average Bonchev–Trinajstić information content (AvgIpc) is 2.25. The number of hydrogen-bond donors (Lipinski definition) is 2. The molecule has 0 radical (unpaired) electrons. The van der Waals surface area contributed by atoms with Gasteiger partial charge in [-0.05, 0) is 24.7 Å². The molecule has 0 bridgehead atoms. The van der Waals surface area contributed by atoms with E-state index in [0.29, 0.717) is 11.5 Å². The van der Waals surface area contributed by atoms with E-state index < -0.39 is 0 Å². The fraction of sp³-hybridized carbons (Fsp3) is 0.909. The molecule has 0 spiro atoms. The maximum atomic E-state index is 11.6. The summed E-state index contributed by atoms with van der Waals surface area (Å²) in [5.41, 5.74) is 0.426. The Morgan fingerprint density at radius 2 is 2.14 bits per heavy atom. The van der Waals surface area contributed by atoms with Gasteiger partial charge in [-0.25, -0.2) is 0 Å². The van der Waals surface area contributed by atoms with Crippen molar-refractivity contribution in [3.8, 4) is 0 Å². The van der Waals surface area contributed by atoms with Gasteiger partial charge in [0.1, 0.15) is 0 Å². The maximum absolute atomic E-state index is 11.6. The van der Waals surface area contributed by atoms with Gasteiger partial charge in [-0.1, -0.05) is 13.8 Å². The third-order valence-electron chi connectivity index (χ3n) is 3.47. The molecule has 1 amide bonds. The molecule has 3 nitrogen and oxygen atoms in total. The first-order chi connectivity index (χ1) is 6.57. The summed E-state index contributed by atoms with van der Waals surface area (Å²) >= 11 is 0. The molecule has 2 rings (SSSR count). The Kier molecular flexibility index (Phi) is 2.52. The fourth-order valence-corrected chi connectivity index (χ4v) is 2.35. The second-order valence-electron chi connectivity index (χ2n) is 5.47. The predicted molar refractivity (Wildman–Crippen MR) is 55.9 cm³/mol. The average molecular weight is 196 g/mol. The van der Waals surface area contributed by atoms with Crippen molar-refractivity contribution in [3.05, 3.63) is 0 Å². The molecule has 1 heterocycles. The summed E-state index contributed by atoms with van der Waals surface area (Å²) in [5, 5.41) is 6.28. The van der Waals surface area contributed by atoms with E-state index in [2.05, 4.69) is 24.5 Å². The van der Waals surface area contributed by atoms with E-state index in [-0.39, 0.29) is 11.8 Å². The largest absolute Gasteiger partial charge is 0.353 e. The lowest BCUT2D eigenvalue weighted by molar-refractivity contribution is -0.127. The molecule has 3 heteroatoms. The molecule has 14 heavy (non-hydrogen) atoms. The van der Waals surface area contributed by atoms with Crippen LogP contribution in [0.1, 0.15) is 33.1 Å². The molecule has 2 fully saturated rings. The molecule has 2 N–H and O–H groups in total. The second-order valence-corrected chi connectivity index (χ2v) is 5.47. The highest BCUT2D eigenvalue weighted by atomic mass is 16.2. The van der Waals surface area contributed by atoms with Crippen molar-refractivity contribution >= 4 is 5.91 Å². The molecule has 0 aromatic carbocycles. The molecular weight excluding hydrogens is 176 g/mol. The third-order valence-corrected chi connectivity index (χ3v) is 3.47. The maximum Gasteiger partial charge on any atom is 0.225 e. The van der Waals surface area contributed by atoms with Gasteiger partial charge in [-0.2, -0.15) is 0 Å². The van der Waals surface area contributed by atoms with Crippen molar-refractivity contribution < 1.29 is 4.79 Å². The topological polar surface area (TPSA) is 41.1 Å². The van der Waals surface area contributed by atoms with Crippen LogP contribution in [-0.2, 0) is 4.79 Å². The van der Waals surface area contributed by atoms with Crippen LogP contribution in [0.2, 0.25) is 0 Å². The van der Waals surface area contributed by atoms with Gasteiger partial charge >= 0.3 is 0 Å².